The molecule has 7 nitrogen and oxygen atoms in total. The number of hydrogen-bond acceptors (Lipinski definition) is 7. The molecular formula is C26H32N4O3S. The van der Waals surface area contributed by atoms with E-state index in [-0.39, 0.29) is 11.8 Å². The van der Waals surface area contributed by atoms with Crippen LogP contribution in [0.4, 0.5) is 11.6 Å². The Morgan fingerprint density at radius 3 is 2.62 bits per heavy atom. The van der Waals surface area contributed by atoms with Crippen LogP contribution in [0.5, 0.6) is 0 Å². The summed E-state index contributed by atoms with van der Waals surface area (Å²) in [5.41, 5.74) is 1.89. The van der Waals surface area contributed by atoms with Gasteiger partial charge in [0.1, 0.15) is 10.6 Å². The standard InChI is InChI=1S/C26H32N4O3S/c1-6-25(23(31)32)12-17(4)26(33,13-16(25)3)22-28-14-21(34-22)19-9-15(2)10-20(11-19)30-24-27-8-7-18(5)29-24/h7-11,14,16-17,33H,6,12-13H2,1-5H3,(H,31,32)(H,27,29,30)/t16-,17-,25-,26-/m1/s1. The molecule has 0 amide bonds. The van der Waals surface area contributed by atoms with Crippen molar-refractivity contribution in [2.75, 3.05) is 5.32 Å². The summed E-state index contributed by atoms with van der Waals surface area (Å²) < 4.78 is 0. The largest absolute Gasteiger partial charge is 0.481 e. The van der Waals surface area contributed by atoms with Crippen LogP contribution in [0.2, 0.25) is 0 Å². The third-order valence-electron chi connectivity index (χ3n) is 7.39. The molecule has 0 bridgehead atoms. The maximum Gasteiger partial charge on any atom is 0.309 e. The van der Waals surface area contributed by atoms with Gasteiger partial charge in [-0.15, -0.1) is 11.3 Å². The van der Waals surface area contributed by atoms with Gasteiger partial charge in [0.05, 0.1) is 10.3 Å². The summed E-state index contributed by atoms with van der Waals surface area (Å²) in [6, 6.07) is 8.00. The summed E-state index contributed by atoms with van der Waals surface area (Å²) in [6.07, 6.45) is 4.89. The van der Waals surface area contributed by atoms with E-state index in [9.17, 15) is 15.0 Å². The summed E-state index contributed by atoms with van der Waals surface area (Å²) in [5.74, 6) is -0.605. The van der Waals surface area contributed by atoms with Gasteiger partial charge in [0.2, 0.25) is 5.95 Å². The molecule has 8 heteroatoms. The van der Waals surface area contributed by atoms with Gasteiger partial charge in [0, 0.05) is 23.8 Å². The Hall–Kier alpha value is -2.84. The van der Waals surface area contributed by atoms with E-state index in [0.29, 0.717) is 30.2 Å². The third kappa shape index (κ3) is 4.32. The average Bonchev–Trinajstić information content (AvgIpc) is 3.27. The van der Waals surface area contributed by atoms with Crippen molar-refractivity contribution in [1.82, 2.24) is 15.0 Å². The first kappa shape index (κ1) is 24.3. The van der Waals surface area contributed by atoms with Crippen molar-refractivity contribution in [1.29, 1.82) is 0 Å². The summed E-state index contributed by atoms with van der Waals surface area (Å²) in [6.45, 7) is 9.76. The lowest BCUT2D eigenvalue weighted by atomic mass is 9.57. The molecule has 4 rings (SSSR count). The van der Waals surface area contributed by atoms with Crippen molar-refractivity contribution in [3.05, 3.63) is 52.9 Å². The summed E-state index contributed by atoms with van der Waals surface area (Å²) in [5, 5.41) is 25.6. The summed E-state index contributed by atoms with van der Waals surface area (Å²) >= 11 is 1.47. The van der Waals surface area contributed by atoms with E-state index in [2.05, 4.69) is 26.3 Å². The molecule has 34 heavy (non-hydrogen) atoms. The second-order valence-corrected chi connectivity index (χ2v) is 10.7. The quantitative estimate of drug-likeness (QED) is 0.415. The van der Waals surface area contributed by atoms with E-state index in [1.54, 1.807) is 12.4 Å². The number of rotatable bonds is 6. The van der Waals surface area contributed by atoms with E-state index < -0.39 is 17.0 Å². The molecule has 1 fully saturated rings. The number of aromatic nitrogens is 3. The van der Waals surface area contributed by atoms with Gasteiger partial charge in [-0.1, -0.05) is 26.8 Å². The SMILES string of the molecule is CC[C@@]1(C(=O)O)C[C@@H](C)[C@@](O)(c2ncc(-c3cc(C)cc(Nc4nccc(C)n4)c3)s2)C[C@H]1C. The Kier molecular flexibility index (Phi) is 6.48. The zero-order valence-corrected chi connectivity index (χ0v) is 21.1. The van der Waals surface area contributed by atoms with Crippen LogP contribution in [0, 0.1) is 31.1 Å². The second kappa shape index (κ2) is 9.07. The Morgan fingerprint density at radius 2 is 1.94 bits per heavy atom. The van der Waals surface area contributed by atoms with Crippen molar-refractivity contribution in [3.63, 3.8) is 0 Å². The lowest BCUT2D eigenvalue weighted by molar-refractivity contribution is -0.169. The number of hydrogen-bond donors (Lipinski definition) is 3. The Balaban J connectivity index is 1.62. The maximum absolute atomic E-state index is 12.1. The molecule has 0 unspecified atom stereocenters. The van der Waals surface area contributed by atoms with Crippen LogP contribution in [0.25, 0.3) is 10.4 Å². The molecule has 1 aliphatic rings. The molecule has 1 aromatic carbocycles. The number of nitrogens with one attached hydrogen (secondary N) is 1. The molecule has 1 aliphatic carbocycles. The minimum atomic E-state index is -1.14. The predicted molar refractivity (Wildman–Crippen MR) is 134 cm³/mol. The minimum Gasteiger partial charge on any atom is -0.481 e. The van der Waals surface area contributed by atoms with Gasteiger partial charge >= 0.3 is 5.97 Å². The average molecular weight is 481 g/mol. The lowest BCUT2D eigenvalue weighted by Gasteiger charge is -2.48. The van der Waals surface area contributed by atoms with Crippen LogP contribution in [0.1, 0.15) is 56.3 Å². The van der Waals surface area contributed by atoms with Crippen LogP contribution in [-0.2, 0) is 10.4 Å². The fourth-order valence-electron chi connectivity index (χ4n) is 5.26. The molecule has 2 aromatic heterocycles. The highest BCUT2D eigenvalue weighted by molar-refractivity contribution is 7.15. The molecule has 0 aliphatic heterocycles. The van der Waals surface area contributed by atoms with Crippen molar-refractivity contribution in [2.24, 2.45) is 17.3 Å². The number of aliphatic hydroxyl groups is 1. The molecule has 0 radical (unpaired) electrons. The lowest BCUT2D eigenvalue weighted by Crippen LogP contribution is -2.51. The highest BCUT2D eigenvalue weighted by Crippen LogP contribution is 2.54. The van der Waals surface area contributed by atoms with Gasteiger partial charge in [-0.05, 0) is 74.3 Å². The molecule has 2 heterocycles. The van der Waals surface area contributed by atoms with E-state index >= 15 is 0 Å². The number of benzene rings is 1. The van der Waals surface area contributed by atoms with Gasteiger partial charge < -0.3 is 15.5 Å². The zero-order chi connectivity index (χ0) is 24.7. The maximum atomic E-state index is 12.1. The normalized spacial score (nSPS) is 26.9. The minimum absolute atomic E-state index is 0.160. The number of carbonyl (C=O) groups is 1. The first-order valence-electron chi connectivity index (χ1n) is 11.7. The van der Waals surface area contributed by atoms with Crippen LogP contribution in [0.3, 0.4) is 0 Å². The number of thiazole rings is 1. The number of aryl methyl sites for hydroxylation is 2. The van der Waals surface area contributed by atoms with Crippen LogP contribution >= 0.6 is 11.3 Å². The van der Waals surface area contributed by atoms with E-state index in [0.717, 1.165) is 27.4 Å². The van der Waals surface area contributed by atoms with Gasteiger partial charge in [0.15, 0.2) is 0 Å². The first-order chi connectivity index (χ1) is 16.1. The van der Waals surface area contributed by atoms with Crippen LogP contribution in [-0.4, -0.2) is 31.1 Å². The Bertz CT molecular complexity index is 1210. The van der Waals surface area contributed by atoms with Crippen molar-refractivity contribution in [2.45, 2.75) is 59.5 Å². The van der Waals surface area contributed by atoms with Crippen molar-refractivity contribution < 1.29 is 15.0 Å². The molecule has 0 saturated heterocycles. The number of anilines is 2. The number of carboxylic acid groups (broad SMARTS) is 1. The summed E-state index contributed by atoms with van der Waals surface area (Å²) in [4.78, 5) is 26.4. The molecule has 3 N–H and O–H groups in total. The van der Waals surface area contributed by atoms with Gasteiger partial charge in [-0.2, -0.15) is 0 Å². The van der Waals surface area contributed by atoms with Crippen LogP contribution < -0.4 is 5.32 Å². The molecule has 3 aromatic rings. The number of aliphatic carboxylic acids is 1. The first-order valence-corrected chi connectivity index (χ1v) is 12.5. The molecular weight excluding hydrogens is 448 g/mol. The van der Waals surface area contributed by atoms with Crippen molar-refractivity contribution in [3.8, 4) is 10.4 Å². The third-order valence-corrected chi connectivity index (χ3v) is 8.61. The number of carboxylic acids is 1. The molecule has 1 saturated carbocycles. The smallest absolute Gasteiger partial charge is 0.309 e. The van der Waals surface area contributed by atoms with Gasteiger partial charge in [0.25, 0.3) is 0 Å². The van der Waals surface area contributed by atoms with Crippen LogP contribution in [0.15, 0.2) is 36.7 Å². The van der Waals surface area contributed by atoms with E-state index in [1.165, 1.54) is 11.3 Å². The Morgan fingerprint density at radius 1 is 1.18 bits per heavy atom. The van der Waals surface area contributed by atoms with Gasteiger partial charge in [-0.3, -0.25) is 4.79 Å². The molecule has 180 valence electrons. The number of nitrogens with zero attached hydrogens (tertiary/aromatic N) is 3. The Labute approximate surface area is 204 Å². The molecule has 4 atom stereocenters. The second-order valence-electron chi connectivity index (χ2n) is 9.71. The fraction of sp³-hybridized carbons (Fsp3) is 0.462. The van der Waals surface area contributed by atoms with E-state index in [1.807, 2.05) is 52.8 Å². The molecule has 0 spiro atoms. The predicted octanol–water partition coefficient (Wildman–Crippen LogP) is 5.70. The highest BCUT2D eigenvalue weighted by atomic mass is 32.1. The van der Waals surface area contributed by atoms with Gasteiger partial charge in [-0.25, -0.2) is 15.0 Å². The summed E-state index contributed by atoms with van der Waals surface area (Å²) in [7, 11) is 0. The monoisotopic (exact) mass is 480 g/mol. The highest BCUT2D eigenvalue weighted by Gasteiger charge is 2.55. The zero-order valence-electron chi connectivity index (χ0n) is 20.3. The van der Waals surface area contributed by atoms with Crippen molar-refractivity contribution >= 4 is 28.9 Å². The van der Waals surface area contributed by atoms with E-state index in [4.69, 9.17) is 0 Å². The topological polar surface area (TPSA) is 108 Å². The fourth-order valence-corrected chi connectivity index (χ4v) is 6.38.